The molecule has 2 heterocycles. The number of benzene rings is 1. The number of rotatable bonds is 1. The molecule has 0 saturated heterocycles. The topological polar surface area (TPSA) is 95.6 Å². The third-order valence-corrected chi connectivity index (χ3v) is 2.74. The molecule has 1 aromatic carbocycles. The summed E-state index contributed by atoms with van der Waals surface area (Å²) in [5, 5.41) is 0. The summed E-state index contributed by atoms with van der Waals surface area (Å²) < 4.78 is 1.76. The number of nitrogens with two attached hydrogens (primary N) is 2. The van der Waals surface area contributed by atoms with Crippen LogP contribution in [0.4, 0.5) is 11.9 Å². The van der Waals surface area contributed by atoms with E-state index in [1.165, 1.54) is 5.56 Å². The van der Waals surface area contributed by atoms with Gasteiger partial charge in [-0.05, 0) is 19.1 Å². The lowest BCUT2D eigenvalue weighted by molar-refractivity contribution is 1.08. The van der Waals surface area contributed by atoms with E-state index in [0.29, 0.717) is 17.1 Å². The summed E-state index contributed by atoms with van der Waals surface area (Å²) in [5.74, 6) is 0.574. The number of aromatic nitrogens is 4. The maximum absolute atomic E-state index is 5.92. The lowest BCUT2D eigenvalue weighted by Gasteiger charge is -2.06. The van der Waals surface area contributed by atoms with Crippen LogP contribution in [-0.4, -0.2) is 19.5 Å². The number of anilines is 2. The molecule has 3 rings (SSSR count). The maximum atomic E-state index is 5.92. The number of hydrogen-bond donors (Lipinski definition) is 2. The van der Waals surface area contributed by atoms with Gasteiger partial charge in [-0.3, -0.25) is 4.57 Å². The molecule has 0 spiro atoms. The Balaban J connectivity index is 2.30. The van der Waals surface area contributed by atoms with Crippen LogP contribution in [0.1, 0.15) is 5.56 Å². The van der Waals surface area contributed by atoms with E-state index in [0.717, 1.165) is 5.69 Å². The molecule has 0 unspecified atom stereocenters. The molecule has 3 aromatic rings. The van der Waals surface area contributed by atoms with Crippen molar-refractivity contribution in [3.8, 4) is 5.69 Å². The molecule has 6 heteroatoms. The first kappa shape index (κ1) is 10.5. The van der Waals surface area contributed by atoms with Gasteiger partial charge in [-0.15, -0.1) is 0 Å². The second kappa shape index (κ2) is 3.69. The minimum atomic E-state index is 0.204. The van der Waals surface area contributed by atoms with E-state index in [9.17, 15) is 0 Å². The molecule has 0 saturated carbocycles. The number of nitrogen functional groups attached to an aromatic ring is 2. The number of fused-ring (bicyclic) bond motifs is 1. The molecular weight excluding hydrogens is 228 g/mol. The predicted octanol–water partition coefficient (Wildman–Crippen LogP) is 1.29. The lowest BCUT2D eigenvalue weighted by Crippen LogP contribution is -2.02. The van der Waals surface area contributed by atoms with Crippen molar-refractivity contribution in [3.63, 3.8) is 0 Å². The van der Waals surface area contributed by atoms with Crippen molar-refractivity contribution in [1.82, 2.24) is 19.5 Å². The Morgan fingerprint density at radius 1 is 1.06 bits per heavy atom. The molecule has 4 N–H and O–H groups in total. The van der Waals surface area contributed by atoms with Gasteiger partial charge >= 0.3 is 0 Å². The van der Waals surface area contributed by atoms with Crippen molar-refractivity contribution in [3.05, 3.63) is 36.0 Å². The summed E-state index contributed by atoms with van der Waals surface area (Å²) in [6.07, 6.45) is 1.57. The largest absolute Gasteiger partial charge is 0.369 e. The van der Waals surface area contributed by atoms with Crippen LogP contribution in [0.5, 0.6) is 0 Å². The smallest absolute Gasteiger partial charge is 0.222 e. The predicted molar refractivity (Wildman–Crippen MR) is 70.2 cm³/mol. The van der Waals surface area contributed by atoms with Crippen LogP contribution < -0.4 is 11.5 Å². The molecule has 0 fully saturated rings. The number of hydrogen-bond acceptors (Lipinski definition) is 5. The van der Waals surface area contributed by atoms with E-state index in [1.54, 1.807) is 10.8 Å². The molecule has 0 aliphatic rings. The zero-order valence-corrected chi connectivity index (χ0v) is 9.83. The van der Waals surface area contributed by atoms with Crippen LogP contribution in [0.15, 0.2) is 30.5 Å². The summed E-state index contributed by atoms with van der Waals surface area (Å²) in [6.45, 7) is 2.03. The highest BCUT2D eigenvalue weighted by Crippen LogP contribution is 2.21. The summed E-state index contributed by atoms with van der Waals surface area (Å²) in [5.41, 5.74) is 14.8. The molecule has 6 nitrogen and oxygen atoms in total. The van der Waals surface area contributed by atoms with Gasteiger partial charge < -0.3 is 11.5 Å². The molecule has 0 atom stereocenters. The highest BCUT2D eigenvalue weighted by atomic mass is 15.2. The molecule has 0 radical (unpaired) electrons. The van der Waals surface area contributed by atoms with Gasteiger partial charge in [0.1, 0.15) is 5.52 Å². The SMILES string of the molecule is Cc1ccc(-n2c(N)nc3cnc(N)nc32)cc1. The second-order valence-corrected chi connectivity index (χ2v) is 4.08. The fourth-order valence-electron chi connectivity index (χ4n) is 1.85. The van der Waals surface area contributed by atoms with E-state index < -0.39 is 0 Å². The average Bonchev–Trinajstić information content (AvgIpc) is 2.66. The molecular formula is C12H12N6. The van der Waals surface area contributed by atoms with Crippen LogP contribution >= 0.6 is 0 Å². The molecule has 90 valence electrons. The Bertz CT molecular complexity index is 713. The Hall–Kier alpha value is -2.63. The third kappa shape index (κ3) is 1.55. The Kier molecular flexibility index (Phi) is 2.16. The van der Waals surface area contributed by atoms with Crippen molar-refractivity contribution in [2.75, 3.05) is 11.5 Å². The fraction of sp³-hybridized carbons (Fsp3) is 0.0833. The Morgan fingerprint density at radius 2 is 1.78 bits per heavy atom. The lowest BCUT2D eigenvalue weighted by atomic mass is 10.2. The molecule has 18 heavy (non-hydrogen) atoms. The Labute approximate surface area is 103 Å². The number of imidazole rings is 1. The summed E-state index contributed by atoms with van der Waals surface area (Å²) in [7, 11) is 0. The molecule has 0 amide bonds. The van der Waals surface area contributed by atoms with Crippen LogP contribution in [0.25, 0.3) is 16.9 Å². The molecule has 0 aliphatic carbocycles. The summed E-state index contributed by atoms with van der Waals surface area (Å²) in [6, 6.07) is 7.94. The van der Waals surface area contributed by atoms with E-state index in [1.807, 2.05) is 31.2 Å². The highest BCUT2D eigenvalue weighted by molar-refractivity contribution is 5.77. The first-order valence-electron chi connectivity index (χ1n) is 5.48. The quantitative estimate of drug-likeness (QED) is 0.668. The molecule has 2 aromatic heterocycles. The van der Waals surface area contributed by atoms with Gasteiger partial charge in [0, 0.05) is 0 Å². The summed E-state index contributed by atoms with van der Waals surface area (Å²) >= 11 is 0. The first-order chi connectivity index (χ1) is 8.65. The van der Waals surface area contributed by atoms with E-state index in [4.69, 9.17) is 11.5 Å². The second-order valence-electron chi connectivity index (χ2n) is 4.08. The minimum absolute atomic E-state index is 0.204. The summed E-state index contributed by atoms with van der Waals surface area (Å²) in [4.78, 5) is 12.3. The van der Waals surface area contributed by atoms with Crippen LogP contribution in [-0.2, 0) is 0 Å². The monoisotopic (exact) mass is 240 g/mol. The van der Waals surface area contributed by atoms with Gasteiger partial charge in [0.15, 0.2) is 5.65 Å². The van der Waals surface area contributed by atoms with Crippen molar-refractivity contribution >= 4 is 23.1 Å². The number of aryl methyl sites for hydroxylation is 1. The maximum Gasteiger partial charge on any atom is 0.222 e. The fourth-order valence-corrected chi connectivity index (χ4v) is 1.85. The minimum Gasteiger partial charge on any atom is -0.369 e. The van der Waals surface area contributed by atoms with Gasteiger partial charge in [0.25, 0.3) is 0 Å². The van der Waals surface area contributed by atoms with Gasteiger partial charge in [0.05, 0.1) is 11.9 Å². The van der Waals surface area contributed by atoms with E-state index in [2.05, 4.69) is 15.0 Å². The van der Waals surface area contributed by atoms with Gasteiger partial charge in [-0.25, -0.2) is 9.97 Å². The van der Waals surface area contributed by atoms with Crippen molar-refractivity contribution < 1.29 is 0 Å². The van der Waals surface area contributed by atoms with Gasteiger partial charge in [-0.1, -0.05) is 17.7 Å². The van der Waals surface area contributed by atoms with Crippen LogP contribution in [0, 0.1) is 6.92 Å². The zero-order valence-electron chi connectivity index (χ0n) is 9.83. The normalized spacial score (nSPS) is 10.9. The average molecular weight is 240 g/mol. The number of nitrogens with zero attached hydrogens (tertiary/aromatic N) is 4. The van der Waals surface area contributed by atoms with Gasteiger partial charge in [0.2, 0.25) is 11.9 Å². The van der Waals surface area contributed by atoms with Crippen molar-refractivity contribution in [1.29, 1.82) is 0 Å². The van der Waals surface area contributed by atoms with Crippen LogP contribution in [0.3, 0.4) is 0 Å². The van der Waals surface area contributed by atoms with Crippen molar-refractivity contribution in [2.24, 2.45) is 0 Å². The standard InChI is InChI=1S/C12H12N6/c1-7-2-4-8(5-3-7)18-10-9(16-12(18)14)6-15-11(13)17-10/h2-6H,1H3,(H2,14,16)(H2,13,15,17). The van der Waals surface area contributed by atoms with Crippen molar-refractivity contribution in [2.45, 2.75) is 6.92 Å². The first-order valence-corrected chi connectivity index (χ1v) is 5.48. The van der Waals surface area contributed by atoms with E-state index >= 15 is 0 Å². The van der Waals surface area contributed by atoms with Crippen LogP contribution in [0.2, 0.25) is 0 Å². The zero-order chi connectivity index (χ0) is 12.7. The van der Waals surface area contributed by atoms with Gasteiger partial charge in [-0.2, -0.15) is 4.98 Å². The molecule has 0 aliphatic heterocycles. The van der Waals surface area contributed by atoms with E-state index in [-0.39, 0.29) is 5.95 Å². The molecule has 0 bridgehead atoms. The third-order valence-electron chi connectivity index (χ3n) is 2.74. The highest BCUT2D eigenvalue weighted by Gasteiger charge is 2.11. The Morgan fingerprint density at radius 3 is 2.50 bits per heavy atom.